The van der Waals surface area contributed by atoms with E-state index in [-0.39, 0.29) is 5.92 Å². The Morgan fingerprint density at radius 1 is 1.29 bits per heavy atom. The lowest BCUT2D eigenvalue weighted by atomic mass is 9.93. The molecule has 0 aliphatic carbocycles. The predicted molar refractivity (Wildman–Crippen MR) is 85.5 cm³/mol. The van der Waals surface area contributed by atoms with Crippen LogP contribution in [0, 0.1) is 5.92 Å². The number of hydrogen-bond acceptors (Lipinski definition) is 3. The summed E-state index contributed by atoms with van der Waals surface area (Å²) in [5.74, 6) is -0.0802. The van der Waals surface area contributed by atoms with E-state index >= 15 is 0 Å². The van der Waals surface area contributed by atoms with Crippen molar-refractivity contribution in [3.63, 3.8) is 0 Å². The first kappa shape index (κ1) is 17.0. The van der Waals surface area contributed by atoms with Gasteiger partial charge in [-0.05, 0) is 30.5 Å². The molecule has 2 unspecified atom stereocenters. The van der Waals surface area contributed by atoms with E-state index in [4.69, 9.17) is 27.9 Å². The zero-order valence-corrected chi connectivity index (χ0v) is 14.4. The molecule has 4 nitrogen and oxygen atoms in total. The number of rotatable bonds is 4. The van der Waals surface area contributed by atoms with Crippen molar-refractivity contribution < 1.29 is 13.2 Å². The van der Waals surface area contributed by atoms with E-state index < -0.39 is 15.3 Å². The fraction of sp³-hybridized carbons (Fsp3) is 0.571. The molecule has 2 atom stereocenters. The third kappa shape index (κ3) is 3.90. The van der Waals surface area contributed by atoms with E-state index in [2.05, 4.69) is 0 Å². The summed E-state index contributed by atoms with van der Waals surface area (Å²) in [5, 5.41) is 0.561. The van der Waals surface area contributed by atoms with E-state index in [9.17, 15) is 8.42 Å². The Hall–Kier alpha value is -0.330. The normalized spacial score (nSPS) is 23.5. The van der Waals surface area contributed by atoms with E-state index in [0.717, 1.165) is 5.56 Å². The van der Waals surface area contributed by atoms with Gasteiger partial charge >= 0.3 is 0 Å². The number of hydrogen-bond donors (Lipinski definition) is 0. The SMILES string of the molecule is CN(C)S(=O)(=O)C1CCOCC1Cc1ccc(Cl)c(Cl)c1. The van der Waals surface area contributed by atoms with Crippen LogP contribution in [-0.4, -0.2) is 45.3 Å². The van der Waals surface area contributed by atoms with Crippen molar-refractivity contribution in [1.82, 2.24) is 4.31 Å². The van der Waals surface area contributed by atoms with Gasteiger partial charge in [-0.25, -0.2) is 12.7 Å². The minimum atomic E-state index is -3.29. The molecule has 1 aliphatic rings. The molecule has 1 aromatic carbocycles. The minimum absolute atomic E-state index is 0.0802. The number of halogens is 2. The summed E-state index contributed by atoms with van der Waals surface area (Å²) in [6, 6.07) is 5.40. The van der Waals surface area contributed by atoms with Crippen LogP contribution in [0.25, 0.3) is 0 Å². The highest BCUT2D eigenvalue weighted by atomic mass is 35.5. The summed E-state index contributed by atoms with van der Waals surface area (Å²) in [4.78, 5) is 0. The molecule has 0 amide bonds. The van der Waals surface area contributed by atoms with Crippen molar-refractivity contribution in [3.05, 3.63) is 33.8 Å². The summed E-state index contributed by atoms with van der Waals surface area (Å²) < 4.78 is 31.6. The standard InChI is InChI=1S/C14H19Cl2NO3S/c1-17(2)21(18,19)14-5-6-20-9-11(14)7-10-3-4-12(15)13(16)8-10/h3-4,8,11,14H,5-7,9H2,1-2H3. The molecule has 0 aromatic heterocycles. The molecule has 0 N–H and O–H groups in total. The van der Waals surface area contributed by atoms with E-state index in [1.54, 1.807) is 26.2 Å². The largest absolute Gasteiger partial charge is 0.381 e. The minimum Gasteiger partial charge on any atom is -0.381 e. The van der Waals surface area contributed by atoms with Gasteiger partial charge in [0.15, 0.2) is 0 Å². The molecule has 21 heavy (non-hydrogen) atoms. The van der Waals surface area contributed by atoms with Crippen molar-refractivity contribution in [2.24, 2.45) is 5.92 Å². The molecule has 0 saturated carbocycles. The molecule has 7 heteroatoms. The van der Waals surface area contributed by atoms with Crippen LogP contribution >= 0.6 is 23.2 Å². The second-order valence-electron chi connectivity index (χ2n) is 5.44. The molecular weight excluding hydrogens is 333 g/mol. The molecule has 118 valence electrons. The number of nitrogens with zero attached hydrogens (tertiary/aromatic N) is 1. The fourth-order valence-corrected chi connectivity index (χ4v) is 4.52. The van der Waals surface area contributed by atoms with Crippen LogP contribution in [0.1, 0.15) is 12.0 Å². The Morgan fingerprint density at radius 2 is 2.00 bits per heavy atom. The van der Waals surface area contributed by atoms with Crippen LogP contribution in [0.15, 0.2) is 18.2 Å². The van der Waals surface area contributed by atoms with Crippen molar-refractivity contribution in [1.29, 1.82) is 0 Å². The molecule has 1 aromatic rings. The van der Waals surface area contributed by atoms with E-state index in [1.165, 1.54) is 4.31 Å². The third-order valence-electron chi connectivity index (χ3n) is 3.78. The van der Waals surface area contributed by atoms with Crippen LogP contribution < -0.4 is 0 Å². The maximum atomic E-state index is 12.4. The quantitative estimate of drug-likeness (QED) is 0.837. The summed E-state index contributed by atoms with van der Waals surface area (Å²) in [5.41, 5.74) is 0.971. The maximum Gasteiger partial charge on any atom is 0.216 e. The van der Waals surface area contributed by atoms with Crippen molar-refractivity contribution in [2.75, 3.05) is 27.3 Å². The predicted octanol–water partition coefficient (Wildman–Crippen LogP) is 2.83. The smallest absolute Gasteiger partial charge is 0.216 e. The number of benzene rings is 1. The van der Waals surface area contributed by atoms with Crippen LogP contribution in [-0.2, 0) is 21.2 Å². The Morgan fingerprint density at radius 3 is 2.62 bits per heavy atom. The monoisotopic (exact) mass is 351 g/mol. The summed E-state index contributed by atoms with van der Waals surface area (Å²) in [7, 11) is -0.152. The van der Waals surface area contributed by atoms with Gasteiger partial charge in [-0.2, -0.15) is 0 Å². The summed E-state index contributed by atoms with van der Waals surface area (Å²) in [6.07, 6.45) is 1.13. The molecular formula is C14H19Cl2NO3S. The third-order valence-corrected chi connectivity index (χ3v) is 6.92. The molecule has 1 heterocycles. The highest BCUT2D eigenvalue weighted by Gasteiger charge is 2.37. The Labute approximate surface area is 136 Å². The summed E-state index contributed by atoms with van der Waals surface area (Å²) in [6.45, 7) is 0.924. The van der Waals surface area contributed by atoms with Crippen LogP contribution in [0.5, 0.6) is 0 Å². The topological polar surface area (TPSA) is 46.6 Å². The van der Waals surface area contributed by atoms with Gasteiger partial charge in [0.25, 0.3) is 0 Å². The molecule has 1 aliphatic heterocycles. The zero-order chi connectivity index (χ0) is 15.6. The Kier molecular flexibility index (Phi) is 5.54. The second-order valence-corrected chi connectivity index (χ2v) is 8.62. The van der Waals surface area contributed by atoms with Crippen molar-refractivity contribution >= 4 is 33.2 Å². The first-order chi connectivity index (χ1) is 9.82. The number of ether oxygens (including phenoxy) is 1. The van der Waals surface area contributed by atoms with Crippen LogP contribution in [0.3, 0.4) is 0 Å². The van der Waals surface area contributed by atoms with Gasteiger partial charge in [-0.1, -0.05) is 29.3 Å². The second kappa shape index (κ2) is 6.84. The first-order valence-electron chi connectivity index (χ1n) is 6.75. The van der Waals surface area contributed by atoms with Gasteiger partial charge in [0.1, 0.15) is 0 Å². The van der Waals surface area contributed by atoms with Gasteiger partial charge in [-0.3, -0.25) is 0 Å². The van der Waals surface area contributed by atoms with Gasteiger partial charge < -0.3 is 4.74 Å². The van der Waals surface area contributed by atoms with Crippen LogP contribution in [0.4, 0.5) is 0 Å². The Balaban J connectivity index is 2.21. The lowest BCUT2D eigenvalue weighted by Gasteiger charge is -2.33. The molecule has 2 rings (SSSR count). The molecule has 0 spiro atoms. The lowest BCUT2D eigenvalue weighted by molar-refractivity contribution is 0.0563. The van der Waals surface area contributed by atoms with Gasteiger partial charge in [0.2, 0.25) is 10.0 Å². The molecule has 1 saturated heterocycles. The van der Waals surface area contributed by atoms with Crippen LogP contribution in [0.2, 0.25) is 10.0 Å². The van der Waals surface area contributed by atoms with E-state index in [1.807, 2.05) is 6.07 Å². The first-order valence-corrected chi connectivity index (χ1v) is 9.01. The Bertz CT molecular complexity index is 604. The highest BCUT2D eigenvalue weighted by Crippen LogP contribution is 2.29. The zero-order valence-electron chi connectivity index (χ0n) is 12.1. The van der Waals surface area contributed by atoms with Gasteiger partial charge in [-0.15, -0.1) is 0 Å². The summed E-state index contributed by atoms with van der Waals surface area (Å²) >= 11 is 11.9. The fourth-order valence-electron chi connectivity index (χ4n) is 2.60. The highest BCUT2D eigenvalue weighted by molar-refractivity contribution is 7.89. The average Bonchev–Trinajstić information content (AvgIpc) is 2.43. The van der Waals surface area contributed by atoms with Crippen molar-refractivity contribution in [3.8, 4) is 0 Å². The molecule has 0 bridgehead atoms. The average molecular weight is 352 g/mol. The molecule has 1 fully saturated rings. The van der Waals surface area contributed by atoms with Crippen molar-refractivity contribution in [2.45, 2.75) is 18.1 Å². The van der Waals surface area contributed by atoms with Gasteiger partial charge in [0, 0.05) is 26.6 Å². The van der Waals surface area contributed by atoms with E-state index in [0.29, 0.717) is 36.1 Å². The van der Waals surface area contributed by atoms with Gasteiger partial charge in [0.05, 0.1) is 21.9 Å². The number of sulfonamides is 1. The maximum absolute atomic E-state index is 12.4. The molecule has 0 radical (unpaired) electrons. The lowest BCUT2D eigenvalue weighted by Crippen LogP contribution is -2.44.